The Morgan fingerprint density at radius 1 is 1.07 bits per heavy atom. The van der Waals surface area contributed by atoms with Gasteiger partial charge in [0.2, 0.25) is 5.91 Å². The van der Waals surface area contributed by atoms with Gasteiger partial charge in [-0.25, -0.2) is 0 Å². The summed E-state index contributed by atoms with van der Waals surface area (Å²) in [5.74, 6) is -0.842. The number of nitro benzene ring substituents is 1. The lowest BCUT2D eigenvalue weighted by atomic mass is 10.1. The molecule has 208 valence electrons. The van der Waals surface area contributed by atoms with Gasteiger partial charge >= 0.3 is 0 Å². The van der Waals surface area contributed by atoms with Crippen molar-refractivity contribution in [3.8, 4) is 0 Å². The molecule has 0 atom stereocenters. The van der Waals surface area contributed by atoms with Gasteiger partial charge in [-0.3, -0.25) is 29.4 Å². The van der Waals surface area contributed by atoms with Crippen LogP contribution in [-0.2, 0) is 4.79 Å². The van der Waals surface area contributed by atoms with Crippen molar-refractivity contribution in [2.75, 3.05) is 29.9 Å². The van der Waals surface area contributed by atoms with Crippen LogP contribution in [0.15, 0.2) is 70.9 Å². The maximum absolute atomic E-state index is 12.7. The molecule has 1 N–H and O–H groups in total. The Morgan fingerprint density at radius 3 is 2.46 bits per heavy atom. The Kier molecular flexibility index (Phi) is 7.79. The summed E-state index contributed by atoms with van der Waals surface area (Å²) in [6, 6.07) is 16.5. The van der Waals surface area contributed by atoms with Crippen molar-refractivity contribution in [2.45, 2.75) is 20.3 Å². The molecule has 0 bridgehead atoms. The van der Waals surface area contributed by atoms with E-state index in [1.807, 2.05) is 13.0 Å². The first-order chi connectivity index (χ1) is 19.8. The Hall–Kier alpha value is -5.04. The fraction of sp³-hybridized carbons (Fsp3) is 0.214. The predicted octanol–water partition coefficient (Wildman–Crippen LogP) is 6.09. The summed E-state index contributed by atoms with van der Waals surface area (Å²) in [7, 11) is 0. The molecule has 0 fully saturated rings. The number of nitro groups is 1. The molecule has 1 aliphatic heterocycles. The third-order valence-corrected chi connectivity index (χ3v) is 7.39. The molecular weight excluding hydrogens is 546 g/mol. The van der Waals surface area contributed by atoms with Crippen molar-refractivity contribution in [3.63, 3.8) is 0 Å². The minimum atomic E-state index is -0.481. The minimum Gasteiger partial charge on any atom is -0.372 e. The second kappa shape index (κ2) is 11.6. The van der Waals surface area contributed by atoms with Crippen molar-refractivity contribution in [3.05, 3.63) is 81.9 Å². The number of nitrogens with zero attached hydrogens (tertiary/aromatic N) is 6. The number of benzene rings is 3. The van der Waals surface area contributed by atoms with Crippen molar-refractivity contribution in [1.82, 2.24) is 9.27 Å². The first-order valence-corrected chi connectivity index (χ1v) is 13.6. The smallest absolute Gasteiger partial charge is 0.270 e. The van der Waals surface area contributed by atoms with Crippen molar-refractivity contribution in [1.29, 1.82) is 0 Å². The maximum Gasteiger partial charge on any atom is 0.270 e. The molecule has 5 rings (SSSR count). The van der Waals surface area contributed by atoms with E-state index in [1.54, 1.807) is 42.5 Å². The van der Waals surface area contributed by atoms with Crippen LogP contribution in [0.1, 0.15) is 41.0 Å². The number of fused-ring (bicyclic) bond motifs is 2. The Morgan fingerprint density at radius 2 is 1.80 bits per heavy atom. The van der Waals surface area contributed by atoms with Crippen molar-refractivity contribution in [2.24, 2.45) is 10.2 Å². The van der Waals surface area contributed by atoms with Crippen LogP contribution in [0.2, 0.25) is 0 Å². The van der Waals surface area contributed by atoms with E-state index in [1.165, 1.54) is 24.0 Å². The number of aromatic nitrogens is 1. The number of amides is 3. The van der Waals surface area contributed by atoms with Crippen LogP contribution < -0.4 is 10.2 Å². The van der Waals surface area contributed by atoms with Crippen LogP contribution in [0.3, 0.4) is 0 Å². The number of azo groups is 1. The van der Waals surface area contributed by atoms with Gasteiger partial charge in [-0.1, -0.05) is 12.1 Å². The van der Waals surface area contributed by atoms with Crippen LogP contribution in [-0.4, -0.2) is 51.6 Å². The van der Waals surface area contributed by atoms with Crippen molar-refractivity contribution < 1.29 is 19.3 Å². The summed E-state index contributed by atoms with van der Waals surface area (Å²) >= 11 is 1.07. The van der Waals surface area contributed by atoms with E-state index in [9.17, 15) is 24.5 Å². The molecule has 3 amide bonds. The second-order valence-electron chi connectivity index (χ2n) is 9.27. The first kappa shape index (κ1) is 27.5. The van der Waals surface area contributed by atoms with E-state index >= 15 is 0 Å². The molecule has 2 heterocycles. The third kappa shape index (κ3) is 5.65. The fourth-order valence-corrected chi connectivity index (χ4v) is 5.31. The van der Waals surface area contributed by atoms with Crippen LogP contribution in [0, 0.1) is 10.1 Å². The maximum atomic E-state index is 12.7. The zero-order chi connectivity index (χ0) is 29.1. The summed E-state index contributed by atoms with van der Waals surface area (Å²) in [6.07, 6.45) is 0.556. The number of hydrogen-bond acceptors (Lipinski definition) is 10. The molecule has 0 saturated carbocycles. The molecule has 12 nitrogen and oxygen atoms in total. The molecule has 0 radical (unpaired) electrons. The zero-order valence-electron chi connectivity index (χ0n) is 22.2. The van der Waals surface area contributed by atoms with E-state index in [4.69, 9.17) is 0 Å². The lowest BCUT2D eigenvalue weighted by Gasteiger charge is -2.25. The highest BCUT2D eigenvalue weighted by Crippen LogP contribution is 2.36. The number of carbonyl (C=O) groups is 3. The highest BCUT2D eigenvalue weighted by Gasteiger charge is 2.34. The molecule has 0 spiro atoms. The summed E-state index contributed by atoms with van der Waals surface area (Å²) < 4.78 is 4.27. The Bertz CT molecular complexity index is 1680. The number of imide groups is 1. The average molecular weight is 572 g/mol. The fourth-order valence-electron chi connectivity index (χ4n) is 4.63. The molecule has 1 aliphatic rings. The lowest BCUT2D eigenvalue weighted by Crippen LogP contribution is -2.33. The number of anilines is 2. The van der Waals surface area contributed by atoms with Gasteiger partial charge < -0.3 is 10.2 Å². The zero-order valence-corrected chi connectivity index (χ0v) is 23.1. The molecule has 41 heavy (non-hydrogen) atoms. The third-order valence-electron chi connectivity index (χ3n) is 6.63. The molecule has 13 heteroatoms. The molecule has 1 aromatic heterocycles. The molecule has 0 aliphatic carbocycles. The van der Waals surface area contributed by atoms with E-state index in [0.29, 0.717) is 57.9 Å². The average Bonchev–Trinajstić information content (AvgIpc) is 3.48. The minimum absolute atomic E-state index is 0.0694. The second-order valence-corrected chi connectivity index (χ2v) is 10.0. The number of rotatable bonds is 10. The van der Waals surface area contributed by atoms with Crippen molar-refractivity contribution >= 4 is 67.9 Å². The number of nitrogens with one attached hydrogen (secondary N) is 1. The van der Waals surface area contributed by atoms with Crippen LogP contribution in [0.4, 0.5) is 27.8 Å². The van der Waals surface area contributed by atoms with Crippen LogP contribution in [0.25, 0.3) is 10.9 Å². The van der Waals surface area contributed by atoms with Gasteiger partial charge in [-0.05, 0) is 61.3 Å². The monoisotopic (exact) mass is 571 g/mol. The van der Waals surface area contributed by atoms with Crippen LogP contribution in [0.5, 0.6) is 0 Å². The largest absolute Gasteiger partial charge is 0.372 e. The van der Waals surface area contributed by atoms with Gasteiger partial charge in [-0.15, -0.1) is 10.2 Å². The standard InChI is InChI=1S/C28H25N7O5S/c1-3-33(13-6-14-34-27(37)20-7-4-5-8-21(20)28(34)38)18-9-12-24(25(16-18)29-17(2)36)30-31-26-22-15-19(35(39)40)10-11-23(22)32-41-26/h4-5,7-12,15-16H,3,6,13-14H2,1-2H3,(H,29,36). The van der Waals surface area contributed by atoms with Gasteiger partial charge in [0.1, 0.15) is 5.69 Å². The summed E-state index contributed by atoms with van der Waals surface area (Å²) in [4.78, 5) is 51.4. The van der Waals surface area contributed by atoms with E-state index in [2.05, 4.69) is 24.8 Å². The quantitative estimate of drug-likeness (QED) is 0.105. The number of non-ortho nitro benzene ring substituents is 1. The topological polar surface area (TPSA) is 150 Å². The van der Waals surface area contributed by atoms with E-state index in [-0.39, 0.29) is 30.0 Å². The number of hydrogen-bond donors (Lipinski definition) is 1. The predicted molar refractivity (Wildman–Crippen MR) is 156 cm³/mol. The van der Waals surface area contributed by atoms with Gasteiger partial charge in [0.15, 0.2) is 5.00 Å². The van der Waals surface area contributed by atoms with Gasteiger partial charge in [0, 0.05) is 49.8 Å². The SMILES string of the molecule is CCN(CCCN1C(=O)c2ccccc2C1=O)c1ccc(N=Nc2snc3ccc([N+](=O)[O-])cc23)c(NC(C)=O)c1. The molecule has 0 saturated heterocycles. The number of carbonyl (C=O) groups excluding carboxylic acids is 3. The van der Waals surface area contributed by atoms with E-state index < -0.39 is 4.92 Å². The van der Waals surface area contributed by atoms with E-state index in [0.717, 1.165) is 17.2 Å². The van der Waals surface area contributed by atoms with Crippen LogP contribution >= 0.6 is 11.5 Å². The normalized spacial score (nSPS) is 12.8. The highest BCUT2D eigenvalue weighted by molar-refractivity contribution is 7.11. The molecule has 4 aromatic rings. The Balaban J connectivity index is 1.32. The summed E-state index contributed by atoms with van der Waals surface area (Å²) in [5.41, 5.74) is 3.02. The highest BCUT2D eigenvalue weighted by atomic mass is 32.1. The van der Waals surface area contributed by atoms with Gasteiger partial charge in [0.25, 0.3) is 17.5 Å². The molecule has 3 aromatic carbocycles. The Labute approximate surface area is 238 Å². The summed E-state index contributed by atoms with van der Waals surface area (Å²) in [6.45, 7) is 4.88. The molecular formula is C28H25N7O5S. The summed E-state index contributed by atoms with van der Waals surface area (Å²) in [5, 5.41) is 23.5. The molecule has 0 unspecified atom stereocenters. The van der Waals surface area contributed by atoms with Gasteiger partial charge in [-0.2, -0.15) is 4.37 Å². The lowest BCUT2D eigenvalue weighted by molar-refractivity contribution is -0.384. The first-order valence-electron chi connectivity index (χ1n) is 12.8. The van der Waals surface area contributed by atoms with Gasteiger partial charge in [0.05, 0.1) is 27.3 Å².